The fourth-order valence-corrected chi connectivity index (χ4v) is 3.71. The molecular formula is C15H17N3O2S. The van der Waals surface area contributed by atoms with Crippen molar-refractivity contribution in [2.45, 2.75) is 32.7 Å². The first-order valence-corrected chi connectivity index (χ1v) is 7.69. The smallest absolute Gasteiger partial charge is 0.348 e. The van der Waals surface area contributed by atoms with E-state index in [9.17, 15) is 4.79 Å². The van der Waals surface area contributed by atoms with Crippen LogP contribution in [0.15, 0.2) is 12.2 Å². The molecule has 0 unspecified atom stereocenters. The van der Waals surface area contributed by atoms with E-state index in [4.69, 9.17) is 4.74 Å². The molecule has 0 bridgehead atoms. The number of thiophene rings is 1. The number of hydrogen-bond donors (Lipinski definition) is 1. The van der Waals surface area contributed by atoms with Crippen LogP contribution >= 0.6 is 11.3 Å². The van der Waals surface area contributed by atoms with Crippen LogP contribution in [-0.2, 0) is 4.74 Å². The standard InChI is InChI=1S/C15H17N3O2S/c1-8-11-13(18-10-6-4-5-7-10)16-9(2)17-14(11)21-12(8)15(19)20-3/h4-5,10H,6-7H2,1-3H3,(H,16,17,18). The van der Waals surface area contributed by atoms with Gasteiger partial charge in [0.2, 0.25) is 0 Å². The number of hydrogen-bond acceptors (Lipinski definition) is 6. The summed E-state index contributed by atoms with van der Waals surface area (Å²) in [6.45, 7) is 3.78. The summed E-state index contributed by atoms with van der Waals surface area (Å²) in [6.07, 6.45) is 6.34. The Balaban J connectivity index is 2.09. The number of anilines is 1. The lowest BCUT2D eigenvalue weighted by Gasteiger charge is -2.14. The zero-order valence-corrected chi connectivity index (χ0v) is 13.1. The number of carbonyl (C=O) groups is 1. The molecule has 1 N–H and O–H groups in total. The largest absolute Gasteiger partial charge is 0.465 e. The molecule has 1 aliphatic rings. The molecule has 0 fully saturated rings. The van der Waals surface area contributed by atoms with Crippen LogP contribution in [0.3, 0.4) is 0 Å². The predicted octanol–water partition coefficient (Wildman–Crippen LogP) is 3.23. The Hall–Kier alpha value is -1.95. The predicted molar refractivity (Wildman–Crippen MR) is 84.0 cm³/mol. The van der Waals surface area contributed by atoms with Crippen LogP contribution < -0.4 is 5.32 Å². The molecule has 21 heavy (non-hydrogen) atoms. The Morgan fingerprint density at radius 2 is 2.05 bits per heavy atom. The first-order chi connectivity index (χ1) is 10.1. The lowest BCUT2D eigenvalue weighted by atomic mass is 10.1. The van der Waals surface area contributed by atoms with Gasteiger partial charge in [-0.25, -0.2) is 14.8 Å². The number of carbonyl (C=O) groups excluding carboxylic acids is 1. The van der Waals surface area contributed by atoms with Crippen LogP contribution in [0.5, 0.6) is 0 Å². The van der Waals surface area contributed by atoms with E-state index in [1.54, 1.807) is 0 Å². The minimum atomic E-state index is -0.318. The van der Waals surface area contributed by atoms with Gasteiger partial charge in [-0.15, -0.1) is 11.3 Å². The second kappa shape index (κ2) is 5.44. The van der Waals surface area contributed by atoms with Crippen LogP contribution in [-0.4, -0.2) is 29.1 Å². The van der Waals surface area contributed by atoms with Gasteiger partial charge in [-0.05, 0) is 32.3 Å². The highest BCUT2D eigenvalue weighted by Crippen LogP contribution is 2.35. The molecule has 0 aromatic carbocycles. The molecule has 0 saturated heterocycles. The van der Waals surface area contributed by atoms with E-state index in [2.05, 4.69) is 27.4 Å². The molecular weight excluding hydrogens is 286 g/mol. The Kier molecular flexibility index (Phi) is 3.63. The maximum absolute atomic E-state index is 11.9. The summed E-state index contributed by atoms with van der Waals surface area (Å²) >= 11 is 1.36. The summed E-state index contributed by atoms with van der Waals surface area (Å²) in [5.41, 5.74) is 0.885. The quantitative estimate of drug-likeness (QED) is 0.696. The van der Waals surface area contributed by atoms with Crippen molar-refractivity contribution in [1.29, 1.82) is 0 Å². The van der Waals surface area contributed by atoms with Crippen molar-refractivity contribution < 1.29 is 9.53 Å². The average Bonchev–Trinajstić information content (AvgIpc) is 3.06. The molecule has 2 aromatic heterocycles. The van der Waals surface area contributed by atoms with Crippen molar-refractivity contribution in [2.75, 3.05) is 12.4 Å². The van der Waals surface area contributed by atoms with Gasteiger partial charge in [0.25, 0.3) is 0 Å². The molecule has 2 aromatic rings. The van der Waals surface area contributed by atoms with Crippen molar-refractivity contribution in [3.63, 3.8) is 0 Å². The van der Waals surface area contributed by atoms with Gasteiger partial charge in [0.05, 0.1) is 12.5 Å². The SMILES string of the molecule is COC(=O)c1sc2nc(C)nc(NC3CC=CC3)c2c1C. The lowest BCUT2D eigenvalue weighted by Crippen LogP contribution is -2.16. The van der Waals surface area contributed by atoms with Gasteiger partial charge in [-0.2, -0.15) is 0 Å². The maximum Gasteiger partial charge on any atom is 0.348 e. The highest BCUT2D eigenvalue weighted by atomic mass is 32.1. The third-order valence-corrected chi connectivity index (χ3v) is 4.79. The van der Waals surface area contributed by atoms with Gasteiger partial charge in [0.1, 0.15) is 21.3 Å². The van der Waals surface area contributed by atoms with Crippen LogP contribution in [0.1, 0.15) is 33.9 Å². The van der Waals surface area contributed by atoms with Gasteiger partial charge < -0.3 is 10.1 Å². The summed E-state index contributed by atoms with van der Waals surface area (Å²) in [6, 6.07) is 0.364. The number of rotatable bonds is 3. The van der Waals surface area contributed by atoms with Crippen LogP contribution in [0.2, 0.25) is 0 Å². The number of aromatic nitrogens is 2. The van der Waals surface area contributed by atoms with E-state index in [0.717, 1.165) is 34.4 Å². The topological polar surface area (TPSA) is 64.1 Å². The fourth-order valence-electron chi connectivity index (χ4n) is 2.57. The minimum absolute atomic E-state index is 0.318. The number of aryl methyl sites for hydroxylation is 2. The van der Waals surface area contributed by atoms with Crippen molar-refractivity contribution >= 4 is 33.3 Å². The van der Waals surface area contributed by atoms with E-state index < -0.39 is 0 Å². The van der Waals surface area contributed by atoms with Crippen LogP contribution in [0.4, 0.5) is 5.82 Å². The van der Waals surface area contributed by atoms with Gasteiger partial charge in [0, 0.05) is 6.04 Å². The zero-order chi connectivity index (χ0) is 15.0. The summed E-state index contributed by atoms with van der Waals surface area (Å²) in [5.74, 6) is 1.20. The normalized spacial score (nSPS) is 14.8. The number of fused-ring (bicyclic) bond motifs is 1. The second-order valence-corrected chi connectivity index (χ2v) is 6.13. The van der Waals surface area contributed by atoms with Gasteiger partial charge in [0.15, 0.2) is 0 Å². The number of nitrogens with zero attached hydrogens (tertiary/aromatic N) is 2. The van der Waals surface area contributed by atoms with Crippen LogP contribution in [0, 0.1) is 13.8 Å². The van der Waals surface area contributed by atoms with Crippen molar-refractivity contribution in [3.8, 4) is 0 Å². The number of nitrogens with one attached hydrogen (secondary N) is 1. The van der Waals surface area contributed by atoms with Gasteiger partial charge in [-0.3, -0.25) is 0 Å². The van der Waals surface area contributed by atoms with E-state index in [1.165, 1.54) is 18.4 Å². The molecule has 0 spiro atoms. The van der Waals surface area contributed by atoms with Crippen molar-refractivity contribution in [3.05, 3.63) is 28.4 Å². The number of methoxy groups -OCH3 is 1. The first-order valence-electron chi connectivity index (χ1n) is 6.87. The Morgan fingerprint density at radius 3 is 2.71 bits per heavy atom. The monoisotopic (exact) mass is 303 g/mol. The second-order valence-electron chi connectivity index (χ2n) is 5.13. The molecule has 5 nitrogen and oxygen atoms in total. The summed E-state index contributed by atoms with van der Waals surface area (Å²) in [7, 11) is 1.40. The highest BCUT2D eigenvalue weighted by Gasteiger charge is 2.21. The number of ether oxygens (including phenoxy) is 1. The van der Waals surface area contributed by atoms with Crippen LogP contribution in [0.25, 0.3) is 10.2 Å². The lowest BCUT2D eigenvalue weighted by molar-refractivity contribution is 0.0605. The Labute approximate surface area is 127 Å². The van der Waals surface area contributed by atoms with Crippen molar-refractivity contribution in [2.24, 2.45) is 0 Å². The summed E-state index contributed by atoms with van der Waals surface area (Å²) < 4.78 is 4.84. The Bertz CT molecular complexity index is 728. The molecule has 0 atom stereocenters. The maximum atomic E-state index is 11.9. The molecule has 0 amide bonds. The minimum Gasteiger partial charge on any atom is -0.465 e. The molecule has 0 saturated carbocycles. The van der Waals surface area contributed by atoms with Gasteiger partial charge in [-0.1, -0.05) is 12.2 Å². The molecule has 0 radical (unpaired) electrons. The first kappa shape index (κ1) is 14.0. The molecule has 3 rings (SSSR count). The summed E-state index contributed by atoms with van der Waals surface area (Å²) in [4.78, 5) is 22.3. The molecule has 0 aliphatic heterocycles. The van der Waals surface area contributed by atoms with Crippen molar-refractivity contribution in [1.82, 2.24) is 9.97 Å². The Morgan fingerprint density at radius 1 is 1.33 bits per heavy atom. The molecule has 2 heterocycles. The van der Waals surface area contributed by atoms with Gasteiger partial charge >= 0.3 is 5.97 Å². The third kappa shape index (κ3) is 2.51. The third-order valence-electron chi connectivity index (χ3n) is 3.62. The molecule has 110 valence electrons. The fraction of sp³-hybridized carbons (Fsp3) is 0.400. The molecule has 1 aliphatic carbocycles. The number of esters is 1. The van der Waals surface area contributed by atoms with E-state index >= 15 is 0 Å². The zero-order valence-electron chi connectivity index (χ0n) is 12.3. The average molecular weight is 303 g/mol. The van der Waals surface area contributed by atoms with E-state index in [-0.39, 0.29) is 5.97 Å². The summed E-state index contributed by atoms with van der Waals surface area (Å²) in [5, 5.41) is 4.41. The highest BCUT2D eigenvalue weighted by molar-refractivity contribution is 7.20. The molecule has 6 heteroatoms. The van der Waals surface area contributed by atoms with E-state index in [0.29, 0.717) is 16.7 Å². The van der Waals surface area contributed by atoms with E-state index in [1.807, 2.05) is 13.8 Å².